The van der Waals surface area contributed by atoms with Gasteiger partial charge < -0.3 is 9.84 Å². The number of rotatable bonds is 3. The van der Waals surface area contributed by atoms with Crippen molar-refractivity contribution in [2.24, 2.45) is 0 Å². The number of hydrogen-bond acceptors (Lipinski definition) is 3. The van der Waals surface area contributed by atoms with Crippen LogP contribution in [-0.4, -0.2) is 17.9 Å². The molecule has 0 amide bonds. The maximum absolute atomic E-state index is 11.4. The molecule has 0 radical (unpaired) electrons. The number of aryl methyl sites for hydroxylation is 1. The van der Waals surface area contributed by atoms with Gasteiger partial charge in [-0.05, 0) is 35.7 Å². The van der Waals surface area contributed by atoms with Gasteiger partial charge in [0.2, 0.25) is 0 Å². The SMILES string of the molecule is CC.Cc1ccccc1-c1ccc(C(=O)OCO)cc1. The zero-order valence-corrected chi connectivity index (χ0v) is 12.1. The molecule has 0 bridgehead atoms. The van der Waals surface area contributed by atoms with Crippen LogP contribution in [0.5, 0.6) is 0 Å². The lowest BCUT2D eigenvalue weighted by atomic mass is 10.00. The standard InChI is InChI=1S/C15H14O3.C2H6/c1-11-4-2-3-5-14(11)12-6-8-13(9-7-12)15(17)18-10-16;1-2/h2-9,16H,10H2,1H3;1-2H3. The fourth-order valence-corrected chi connectivity index (χ4v) is 1.82. The average molecular weight is 272 g/mol. The van der Waals surface area contributed by atoms with Gasteiger partial charge in [-0.3, -0.25) is 0 Å². The number of carbonyl (C=O) groups excluding carboxylic acids is 1. The summed E-state index contributed by atoms with van der Waals surface area (Å²) in [5, 5.41) is 8.52. The molecule has 0 aliphatic rings. The van der Waals surface area contributed by atoms with Crippen molar-refractivity contribution in [2.45, 2.75) is 20.8 Å². The predicted octanol–water partition coefficient (Wildman–Crippen LogP) is 3.79. The molecule has 2 aromatic rings. The molecule has 1 N–H and O–H groups in total. The highest BCUT2D eigenvalue weighted by Gasteiger charge is 2.07. The molecule has 0 unspecified atom stereocenters. The summed E-state index contributed by atoms with van der Waals surface area (Å²) in [5.41, 5.74) is 3.80. The monoisotopic (exact) mass is 272 g/mol. The molecule has 0 saturated carbocycles. The van der Waals surface area contributed by atoms with Gasteiger partial charge in [0.25, 0.3) is 0 Å². The van der Waals surface area contributed by atoms with Crippen LogP contribution in [0.1, 0.15) is 29.8 Å². The highest BCUT2D eigenvalue weighted by molar-refractivity contribution is 5.90. The Morgan fingerprint density at radius 3 is 2.20 bits per heavy atom. The lowest BCUT2D eigenvalue weighted by Gasteiger charge is -2.06. The second-order valence-corrected chi connectivity index (χ2v) is 3.95. The Kier molecular flexibility index (Phi) is 6.47. The van der Waals surface area contributed by atoms with Crippen LogP contribution >= 0.6 is 0 Å². The van der Waals surface area contributed by atoms with Gasteiger partial charge in [-0.25, -0.2) is 4.79 Å². The molecule has 2 rings (SSSR count). The normalized spacial score (nSPS) is 9.40. The van der Waals surface area contributed by atoms with Crippen molar-refractivity contribution in [3.8, 4) is 11.1 Å². The lowest BCUT2D eigenvalue weighted by Crippen LogP contribution is -2.05. The molecule has 0 aromatic heterocycles. The van der Waals surface area contributed by atoms with E-state index in [2.05, 4.69) is 4.74 Å². The number of ether oxygens (including phenoxy) is 1. The van der Waals surface area contributed by atoms with E-state index in [9.17, 15) is 4.79 Å². The van der Waals surface area contributed by atoms with E-state index in [0.29, 0.717) is 5.56 Å². The Bertz CT molecular complexity index is 544. The molecule has 20 heavy (non-hydrogen) atoms. The van der Waals surface area contributed by atoms with Crippen LogP contribution in [-0.2, 0) is 4.74 Å². The number of carbonyl (C=O) groups is 1. The Morgan fingerprint density at radius 1 is 1.05 bits per heavy atom. The van der Waals surface area contributed by atoms with E-state index in [1.807, 2.05) is 57.2 Å². The van der Waals surface area contributed by atoms with Crippen molar-refractivity contribution in [3.63, 3.8) is 0 Å². The van der Waals surface area contributed by atoms with Gasteiger partial charge in [0.05, 0.1) is 5.56 Å². The first kappa shape index (κ1) is 15.9. The molecule has 0 aliphatic heterocycles. The van der Waals surface area contributed by atoms with Crippen LogP contribution in [0.3, 0.4) is 0 Å². The molecular weight excluding hydrogens is 252 g/mol. The maximum Gasteiger partial charge on any atom is 0.340 e. The topological polar surface area (TPSA) is 46.5 Å². The fourth-order valence-electron chi connectivity index (χ4n) is 1.82. The zero-order valence-electron chi connectivity index (χ0n) is 12.1. The van der Waals surface area contributed by atoms with E-state index >= 15 is 0 Å². The first-order valence-corrected chi connectivity index (χ1v) is 6.66. The number of benzene rings is 2. The Labute approximate surface area is 119 Å². The Balaban J connectivity index is 0.000000956. The maximum atomic E-state index is 11.4. The summed E-state index contributed by atoms with van der Waals surface area (Å²) in [4.78, 5) is 11.4. The van der Waals surface area contributed by atoms with E-state index in [0.717, 1.165) is 11.1 Å². The third-order valence-corrected chi connectivity index (χ3v) is 2.77. The highest BCUT2D eigenvalue weighted by atomic mass is 16.6. The van der Waals surface area contributed by atoms with Gasteiger partial charge in [-0.15, -0.1) is 0 Å². The van der Waals surface area contributed by atoms with Crippen LogP contribution < -0.4 is 0 Å². The minimum absolute atomic E-state index is 0.432. The minimum atomic E-state index is -0.599. The van der Waals surface area contributed by atoms with Crippen molar-refractivity contribution in [2.75, 3.05) is 6.79 Å². The van der Waals surface area contributed by atoms with Crippen molar-refractivity contribution in [1.29, 1.82) is 0 Å². The second kappa shape index (κ2) is 8.12. The van der Waals surface area contributed by atoms with Crippen LogP contribution in [0.2, 0.25) is 0 Å². The lowest BCUT2D eigenvalue weighted by molar-refractivity contribution is 0.00684. The van der Waals surface area contributed by atoms with Gasteiger partial charge >= 0.3 is 5.97 Å². The smallest absolute Gasteiger partial charge is 0.340 e. The third kappa shape index (κ3) is 3.93. The van der Waals surface area contributed by atoms with Gasteiger partial charge in [0, 0.05) is 0 Å². The van der Waals surface area contributed by atoms with E-state index in [1.54, 1.807) is 12.1 Å². The molecule has 0 saturated heterocycles. The van der Waals surface area contributed by atoms with Gasteiger partial charge in [0.1, 0.15) is 0 Å². The average Bonchev–Trinajstić information content (AvgIpc) is 2.50. The molecule has 0 spiro atoms. The molecule has 0 atom stereocenters. The number of hydrogen-bond donors (Lipinski definition) is 1. The molecule has 0 fully saturated rings. The van der Waals surface area contributed by atoms with E-state index in [4.69, 9.17) is 5.11 Å². The Hall–Kier alpha value is -2.13. The first-order valence-electron chi connectivity index (χ1n) is 6.66. The fraction of sp³-hybridized carbons (Fsp3) is 0.235. The Morgan fingerprint density at radius 2 is 1.65 bits per heavy atom. The van der Waals surface area contributed by atoms with Gasteiger partial charge in [-0.1, -0.05) is 50.2 Å². The van der Waals surface area contributed by atoms with Gasteiger partial charge in [-0.2, -0.15) is 0 Å². The zero-order chi connectivity index (χ0) is 15.0. The van der Waals surface area contributed by atoms with Gasteiger partial charge in [0.15, 0.2) is 6.79 Å². The van der Waals surface area contributed by atoms with Crippen LogP contribution in [0, 0.1) is 6.92 Å². The van der Waals surface area contributed by atoms with Crippen LogP contribution in [0.25, 0.3) is 11.1 Å². The van der Waals surface area contributed by atoms with Crippen LogP contribution in [0.4, 0.5) is 0 Å². The number of esters is 1. The molecular formula is C17H20O3. The van der Waals surface area contributed by atoms with Crippen molar-refractivity contribution >= 4 is 5.97 Å². The van der Waals surface area contributed by atoms with E-state index < -0.39 is 12.8 Å². The van der Waals surface area contributed by atoms with Crippen molar-refractivity contribution < 1.29 is 14.6 Å². The van der Waals surface area contributed by atoms with Crippen molar-refractivity contribution in [3.05, 3.63) is 59.7 Å². The molecule has 3 nitrogen and oxygen atoms in total. The molecule has 2 aromatic carbocycles. The third-order valence-electron chi connectivity index (χ3n) is 2.77. The molecule has 0 heterocycles. The molecule has 0 aliphatic carbocycles. The van der Waals surface area contributed by atoms with E-state index in [1.165, 1.54) is 5.56 Å². The predicted molar refractivity (Wildman–Crippen MR) is 80.5 cm³/mol. The van der Waals surface area contributed by atoms with Crippen LogP contribution in [0.15, 0.2) is 48.5 Å². The summed E-state index contributed by atoms with van der Waals surface area (Å²) in [6, 6.07) is 15.2. The summed E-state index contributed by atoms with van der Waals surface area (Å²) in [7, 11) is 0. The summed E-state index contributed by atoms with van der Waals surface area (Å²) in [5.74, 6) is -0.520. The summed E-state index contributed by atoms with van der Waals surface area (Å²) in [6.07, 6.45) is 0. The molecule has 3 heteroatoms. The number of aliphatic hydroxyl groups is 1. The largest absolute Gasteiger partial charge is 0.435 e. The molecule has 106 valence electrons. The number of aliphatic hydroxyl groups excluding tert-OH is 1. The summed E-state index contributed by atoms with van der Waals surface area (Å²) >= 11 is 0. The minimum Gasteiger partial charge on any atom is -0.435 e. The van der Waals surface area contributed by atoms with Crippen molar-refractivity contribution in [1.82, 2.24) is 0 Å². The summed E-state index contributed by atoms with van der Waals surface area (Å²) < 4.78 is 4.51. The quantitative estimate of drug-likeness (QED) is 0.683. The first-order chi connectivity index (χ1) is 9.72. The summed E-state index contributed by atoms with van der Waals surface area (Å²) in [6.45, 7) is 5.45. The highest BCUT2D eigenvalue weighted by Crippen LogP contribution is 2.23. The second-order valence-electron chi connectivity index (χ2n) is 3.95. The van der Waals surface area contributed by atoms with E-state index in [-0.39, 0.29) is 0 Å².